The molecular weight excluding hydrogens is 194 g/mol. The molecule has 1 aromatic carbocycles. The van der Waals surface area contributed by atoms with Crippen molar-refractivity contribution in [3.8, 4) is 5.75 Å². The highest BCUT2D eigenvalue weighted by molar-refractivity contribution is 5.86. The quantitative estimate of drug-likeness (QED) is 0.829. The first-order chi connectivity index (χ1) is 7.27. The van der Waals surface area contributed by atoms with Crippen molar-refractivity contribution in [1.29, 1.82) is 0 Å². The molecule has 0 saturated heterocycles. The summed E-state index contributed by atoms with van der Waals surface area (Å²) in [4.78, 5) is 11.0. The van der Waals surface area contributed by atoms with Gasteiger partial charge in [0, 0.05) is 0 Å². The maximum absolute atomic E-state index is 11.0. The Labute approximate surface area is 89.2 Å². The zero-order chi connectivity index (χ0) is 11.1. The van der Waals surface area contributed by atoms with Crippen molar-refractivity contribution in [2.75, 3.05) is 19.0 Å². The fourth-order valence-corrected chi connectivity index (χ4v) is 1.07. The number of anilines is 1. The largest absolute Gasteiger partial charge is 0.491 e. The number of rotatable bonds is 4. The average molecular weight is 209 g/mol. The SMILES string of the molecule is CCCOc1ccccc1NC(=O)OC. The van der Waals surface area contributed by atoms with E-state index in [0.29, 0.717) is 18.0 Å². The van der Waals surface area contributed by atoms with E-state index in [0.717, 1.165) is 6.42 Å². The van der Waals surface area contributed by atoms with Crippen LogP contribution in [0.4, 0.5) is 10.5 Å². The number of benzene rings is 1. The molecule has 1 N–H and O–H groups in total. The molecule has 15 heavy (non-hydrogen) atoms. The van der Waals surface area contributed by atoms with Gasteiger partial charge in [-0.15, -0.1) is 0 Å². The molecule has 0 saturated carbocycles. The highest BCUT2D eigenvalue weighted by atomic mass is 16.5. The number of ether oxygens (including phenoxy) is 2. The summed E-state index contributed by atoms with van der Waals surface area (Å²) in [6, 6.07) is 7.25. The fraction of sp³-hybridized carbons (Fsp3) is 0.364. The average Bonchev–Trinajstić information content (AvgIpc) is 2.28. The lowest BCUT2D eigenvalue weighted by Gasteiger charge is -2.10. The Kier molecular flexibility index (Phi) is 4.47. The van der Waals surface area contributed by atoms with Crippen LogP contribution in [0.2, 0.25) is 0 Å². The van der Waals surface area contributed by atoms with Gasteiger partial charge in [0.2, 0.25) is 0 Å². The first kappa shape index (κ1) is 11.4. The molecule has 0 aliphatic carbocycles. The van der Waals surface area contributed by atoms with E-state index in [2.05, 4.69) is 10.1 Å². The highest BCUT2D eigenvalue weighted by Gasteiger charge is 2.06. The molecule has 0 unspecified atom stereocenters. The molecule has 0 bridgehead atoms. The van der Waals surface area contributed by atoms with Gasteiger partial charge in [-0.2, -0.15) is 0 Å². The molecule has 0 fully saturated rings. The van der Waals surface area contributed by atoms with Gasteiger partial charge >= 0.3 is 6.09 Å². The number of nitrogens with one attached hydrogen (secondary N) is 1. The van der Waals surface area contributed by atoms with Crippen molar-refractivity contribution in [2.45, 2.75) is 13.3 Å². The van der Waals surface area contributed by atoms with Crippen LogP contribution < -0.4 is 10.1 Å². The van der Waals surface area contributed by atoms with Crippen molar-refractivity contribution < 1.29 is 14.3 Å². The third-order valence-corrected chi connectivity index (χ3v) is 1.77. The second-order valence-electron chi connectivity index (χ2n) is 2.96. The van der Waals surface area contributed by atoms with Crippen LogP contribution in [-0.4, -0.2) is 19.8 Å². The zero-order valence-corrected chi connectivity index (χ0v) is 8.95. The first-order valence-electron chi connectivity index (χ1n) is 4.84. The number of hydrogen-bond donors (Lipinski definition) is 1. The molecule has 0 aliphatic heterocycles. The van der Waals surface area contributed by atoms with Gasteiger partial charge in [-0.05, 0) is 18.6 Å². The number of para-hydroxylation sites is 2. The minimum absolute atomic E-state index is 0.498. The summed E-state index contributed by atoms with van der Waals surface area (Å²) in [5.41, 5.74) is 0.623. The highest BCUT2D eigenvalue weighted by Crippen LogP contribution is 2.23. The van der Waals surface area contributed by atoms with E-state index in [4.69, 9.17) is 4.74 Å². The van der Waals surface area contributed by atoms with Crippen LogP contribution in [0, 0.1) is 0 Å². The number of hydrogen-bond acceptors (Lipinski definition) is 3. The summed E-state index contributed by atoms with van der Waals surface area (Å²) in [7, 11) is 1.32. The minimum Gasteiger partial charge on any atom is -0.491 e. The van der Waals surface area contributed by atoms with E-state index < -0.39 is 6.09 Å². The lowest BCUT2D eigenvalue weighted by molar-refractivity contribution is 0.186. The summed E-state index contributed by atoms with van der Waals surface area (Å²) in [5, 5.41) is 2.58. The van der Waals surface area contributed by atoms with Crippen molar-refractivity contribution in [1.82, 2.24) is 0 Å². The summed E-state index contributed by atoms with van der Waals surface area (Å²) in [5.74, 6) is 0.657. The topological polar surface area (TPSA) is 47.6 Å². The molecule has 0 aromatic heterocycles. The van der Waals surface area contributed by atoms with Crippen LogP contribution >= 0.6 is 0 Å². The van der Waals surface area contributed by atoms with E-state index in [-0.39, 0.29) is 0 Å². The van der Waals surface area contributed by atoms with E-state index in [9.17, 15) is 4.79 Å². The monoisotopic (exact) mass is 209 g/mol. The molecule has 1 amide bonds. The third-order valence-electron chi connectivity index (χ3n) is 1.77. The maximum Gasteiger partial charge on any atom is 0.411 e. The molecule has 4 nitrogen and oxygen atoms in total. The Morgan fingerprint density at radius 1 is 1.40 bits per heavy atom. The Morgan fingerprint density at radius 3 is 2.80 bits per heavy atom. The van der Waals surface area contributed by atoms with Crippen LogP contribution in [0.1, 0.15) is 13.3 Å². The number of methoxy groups -OCH3 is 1. The summed E-state index contributed by atoms with van der Waals surface area (Å²) in [6.07, 6.45) is 0.426. The molecule has 0 aliphatic rings. The number of amides is 1. The molecule has 4 heteroatoms. The summed E-state index contributed by atoms with van der Waals surface area (Å²) in [6.45, 7) is 2.65. The van der Waals surface area contributed by atoms with Crippen LogP contribution in [0.5, 0.6) is 5.75 Å². The molecule has 0 atom stereocenters. The van der Waals surface area contributed by atoms with Crippen LogP contribution in [0.3, 0.4) is 0 Å². The number of carbonyl (C=O) groups excluding carboxylic acids is 1. The van der Waals surface area contributed by atoms with Crippen LogP contribution in [-0.2, 0) is 4.74 Å². The maximum atomic E-state index is 11.0. The van der Waals surface area contributed by atoms with Crippen molar-refractivity contribution in [3.05, 3.63) is 24.3 Å². The Hall–Kier alpha value is -1.71. The molecule has 0 spiro atoms. The fourth-order valence-electron chi connectivity index (χ4n) is 1.07. The van der Waals surface area contributed by atoms with E-state index >= 15 is 0 Å². The van der Waals surface area contributed by atoms with Gasteiger partial charge in [-0.3, -0.25) is 5.32 Å². The smallest absolute Gasteiger partial charge is 0.411 e. The summed E-state index contributed by atoms with van der Waals surface area (Å²) >= 11 is 0. The molecule has 0 radical (unpaired) electrons. The van der Waals surface area contributed by atoms with Gasteiger partial charge in [-0.25, -0.2) is 4.79 Å². The predicted octanol–water partition coefficient (Wildman–Crippen LogP) is 2.65. The van der Waals surface area contributed by atoms with Crippen LogP contribution in [0.15, 0.2) is 24.3 Å². The minimum atomic E-state index is -0.498. The molecule has 82 valence electrons. The predicted molar refractivity (Wildman–Crippen MR) is 58.3 cm³/mol. The molecular formula is C11H15NO3. The van der Waals surface area contributed by atoms with Gasteiger partial charge in [0.05, 0.1) is 19.4 Å². The van der Waals surface area contributed by atoms with E-state index in [1.54, 1.807) is 12.1 Å². The lowest BCUT2D eigenvalue weighted by Crippen LogP contribution is -2.12. The van der Waals surface area contributed by atoms with Crippen LogP contribution in [0.25, 0.3) is 0 Å². The normalized spacial score (nSPS) is 9.47. The molecule has 1 rings (SSSR count). The Morgan fingerprint density at radius 2 is 2.13 bits per heavy atom. The van der Waals surface area contributed by atoms with Crippen molar-refractivity contribution in [2.24, 2.45) is 0 Å². The first-order valence-corrected chi connectivity index (χ1v) is 4.84. The second-order valence-corrected chi connectivity index (χ2v) is 2.96. The number of carbonyl (C=O) groups is 1. The summed E-state index contributed by atoms with van der Waals surface area (Å²) < 4.78 is 9.97. The third kappa shape index (κ3) is 3.50. The van der Waals surface area contributed by atoms with E-state index in [1.165, 1.54) is 7.11 Å². The Bertz CT molecular complexity index is 325. The lowest BCUT2D eigenvalue weighted by atomic mass is 10.3. The van der Waals surface area contributed by atoms with E-state index in [1.807, 2.05) is 19.1 Å². The van der Waals surface area contributed by atoms with Gasteiger partial charge < -0.3 is 9.47 Å². The van der Waals surface area contributed by atoms with Crippen molar-refractivity contribution >= 4 is 11.8 Å². The van der Waals surface area contributed by atoms with Gasteiger partial charge in [-0.1, -0.05) is 19.1 Å². The second kappa shape index (κ2) is 5.90. The van der Waals surface area contributed by atoms with Gasteiger partial charge in [0.1, 0.15) is 5.75 Å². The molecule has 0 heterocycles. The Balaban J connectivity index is 2.72. The molecule has 1 aromatic rings. The van der Waals surface area contributed by atoms with Crippen molar-refractivity contribution in [3.63, 3.8) is 0 Å². The van der Waals surface area contributed by atoms with Gasteiger partial charge in [0.25, 0.3) is 0 Å². The standard InChI is InChI=1S/C11H15NO3/c1-3-8-15-10-7-5-4-6-9(10)12-11(13)14-2/h4-7H,3,8H2,1-2H3,(H,12,13). The zero-order valence-electron chi connectivity index (χ0n) is 8.95. The van der Waals surface area contributed by atoms with Gasteiger partial charge in [0.15, 0.2) is 0 Å².